The van der Waals surface area contributed by atoms with Crippen molar-refractivity contribution >= 4 is 24.2 Å². The van der Waals surface area contributed by atoms with Crippen molar-refractivity contribution in [1.82, 2.24) is 0 Å². The summed E-state index contributed by atoms with van der Waals surface area (Å²) in [6.07, 6.45) is 1.13. The third-order valence-corrected chi connectivity index (χ3v) is 3.47. The highest BCUT2D eigenvalue weighted by molar-refractivity contribution is 7.80. The molecule has 0 radical (unpaired) electrons. The molecule has 0 saturated heterocycles. The minimum atomic E-state index is -0.0215. The molecule has 0 aliphatic rings. The van der Waals surface area contributed by atoms with E-state index >= 15 is 0 Å². The highest BCUT2D eigenvalue weighted by atomic mass is 32.1. The lowest BCUT2D eigenvalue weighted by Crippen LogP contribution is -2.16. The molecule has 2 aromatic carbocycles. The van der Waals surface area contributed by atoms with E-state index in [0.29, 0.717) is 13.0 Å². The van der Waals surface area contributed by atoms with Gasteiger partial charge in [-0.1, -0.05) is 30.3 Å². The van der Waals surface area contributed by atoms with Crippen molar-refractivity contribution in [3.05, 3.63) is 59.7 Å². The molecular formula is C17H19NO2S. The molecule has 4 heteroatoms. The molecule has 21 heavy (non-hydrogen) atoms. The fourth-order valence-corrected chi connectivity index (χ4v) is 2.21. The van der Waals surface area contributed by atoms with Crippen molar-refractivity contribution in [2.75, 3.05) is 19.0 Å². The second-order valence-electron chi connectivity index (χ2n) is 4.79. The van der Waals surface area contributed by atoms with E-state index in [1.165, 1.54) is 0 Å². The number of benzene rings is 2. The maximum absolute atomic E-state index is 12.1. The number of hydrogen-bond donors (Lipinski definition) is 2. The molecule has 0 atom stereocenters. The zero-order chi connectivity index (χ0) is 15.1. The first-order valence-electron chi connectivity index (χ1n) is 6.83. The van der Waals surface area contributed by atoms with Crippen molar-refractivity contribution in [3.63, 3.8) is 0 Å². The van der Waals surface area contributed by atoms with Crippen LogP contribution in [0.25, 0.3) is 0 Å². The van der Waals surface area contributed by atoms with Gasteiger partial charge in [0.2, 0.25) is 5.91 Å². The molecule has 0 spiro atoms. The molecule has 0 bridgehead atoms. The summed E-state index contributed by atoms with van der Waals surface area (Å²) in [6.45, 7) is 0.635. The maximum atomic E-state index is 12.1. The van der Waals surface area contributed by atoms with Gasteiger partial charge in [-0.3, -0.25) is 4.79 Å². The van der Waals surface area contributed by atoms with Crippen molar-refractivity contribution in [2.45, 2.75) is 17.7 Å². The Labute approximate surface area is 130 Å². The molecule has 0 aromatic heterocycles. The van der Waals surface area contributed by atoms with Gasteiger partial charge < -0.3 is 10.1 Å². The van der Waals surface area contributed by atoms with Crippen LogP contribution in [0.1, 0.15) is 11.1 Å². The molecule has 2 aromatic rings. The van der Waals surface area contributed by atoms with Crippen LogP contribution in [0.5, 0.6) is 0 Å². The smallest absolute Gasteiger partial charge is 0.228 e. The molecular weight excluding hydrogens is 282 g/mol. The summed E-state index contributed by atoms with van der Waals surface area (Å²) >= 11 is 4.24. The lowest BCUT2D eigenvalue weighted by Gasteiger charge is -2.11. The number of carbonyl (C=O) groups excluding carboxylic acids is 1. The van der Waals surface area contributed by atoms with Crippen molar-refractivity contribution < 1.29 is 9.53 Å². The molecule has 110 valence electrons. The van der Waals surface area contributed by atoms with Gasteiger partial charge in [0.05, 0.1) is 13.0 Å². The van der Waals surface area contributed by atoms with E-state index in [2.05, 4.69) is 17.9 Å². The molecule has 1 amide bonds. The molecule has 0 saturated carbocycles. The van der Waals surface area contributed by atoms with Crippen LogP contribution in [0.2, 0.25) is 0 Å². The highest BCUT2D eigenvalue weighted by Gasteiger charge is 2.07. The van der Waals surface area contributed by atoms with Crippen LogP contribution < -0.4 is 5.32 Å². The fourth-order valence-electron chi connectivity index (χ4n) is 2.07. The van der Waals surface area contributed by atoms with Crippen LogP contribution in [0.3, 0.4) is 0 Å². The number of anilines is 1. The van der Waals surface area contributed by atoms with E-state index in [9.17, 15) is 4.79 Å². The quantitative estimate of drug-likeness (QED) is 0.803. The second kappa shape index (κ2) is 7.86. The minimum absolute atomic E-state index is 0.0215. The third kappa shape index (κ3) is 4.92. The predicted molar refractivity (Wildman–Crippen MR) is 88.0 cm³/mol. The maximum Gasteiger partial charge on any atom is 0.228 e. The Morgan fingerprint density at radius 2 is 1.86 bits per heavy atom. The number of para-hydroxylation sites is 1. The van der Waals surface area contributed by atoms with E-state index in [0.717, 1.165) is 28.1 Å². The van der Waals surface area contributed by atoms with Crippen LogP contribution in [0.4, 0.5) is 5.69 Å². The minimum Gasteiger partial charge on any atom is -0.384 e. The normalized spacial score (nSPS) is 10.4. The Bertz CT molecular complexity index is 596. The first-order valence-corrected chi connectivity index (χ1v) is 7.28. The summed E-state index contributed by atoms with van der Waals surface area (Å²) in [7, 11) is 1.67. The van der Waals surface area contributed by atoms with Crippen LogP contribution in [0, 0.1) is 0 Å². The Morgan fingerprint density at radius 3 is 2.57 bits per heavy atom. The van der Waals surface area contributed by atoms with Gasteiger partial charge in [0.15, 0.2) is 0 Å². The number of rotatable bonds is 6. The van der Waals surface area contributed by atoms with E-state index in [-0.39, 0.29) is 5.91 Å². The molecule has 0 aliphatic carbocycles. The van der Waals surface area contributed by atoms with E-state index in [1.807, 2.05) is 48.5 Å². The largest absolute Gasteiger partial charge is 0.384 e. The van der Waals surface area contributed by atoms with Gasteiger partial charge >= 0.3 is 0 Å². The third-order valence-electron chi connectivity index (χ3n) is 3.17. The molecule has 2 rings (SSSR count). The summed E-state index contributed by atoms with van der Waals surface area (Å²) in [6, 6.07) is 15.4. The number of methoxy groups -OCH3 is 1. The van der Waals surface area contributed by atoms with Gasteiger partial charge in [0.1, 0.15) is 0 Å². The van der Waals surface area contributed by atoms with Crippen molar-refractivity contribution in [2.24, 2.45) is 0 Å². The summed E-state index contributed by atoms with van der Waals surface area (Å²) in [5.74, 6) is -0.0215. The van der Waals surface area contributed by atoms with Gasteiger partial charge in [-0.25, -0.2) is 0 Å². The van der Waals surface area contributed by atoms with E-state index in [4.69, 9.17) is 4.74 Å². The standard InChI is InChI=1S/C17H19NO2S/c1-20-11-10-14-4-2-3-5-16(14)18-17(19)12-13-6-8-15(21)9-7-13/h2-9,21H,10-12H2,1H3,(H,18,19). The molecule has 1 N–H and O–H groups in total. The van der Waals surface area contributed by atoms with Gasteiger partial charge in [-0.05, 0) is 35.7 Å². The average molecular weight is 301 g/mol. The van der Waals surface area contributed by atoms with Gasteiger partial charge in [0.25, 0.3) is 0 Å². The average Bonchev–Trinajstić information content (AvgIpc) is 2.49. The Balaban J connectivity index is 2.00. The van der Waals surface area contributed by atoms with E-state index < -0.39 is 0 Å². The van der Waals surface area contributed by atoms with Crippen LogP contribution in [-0.2, 0) is 22.4 Å². The zero-order valence-electron chi connectivity index (χ0n) is 12.0. The molecule has 0 fully saturated rings. The first kappa shape index (κ1) is 15.6. The lowest BCUT2D eigenvalue weighted by atomic mass is 10.1. The van der Waals surface area contributed by atoms with Gasteiger partial charge in [0, 0.05) is 17.7 Å². The summed E-state index contributed by atoms with van der Waals surface area (Å²) in [5.41, 5.74) is 2.91. The highest BCUT2D eigenvalue weighted by Crippen LogP contribution is 2.16. The summed E-state index contributed by atoms with van der Waals surface area (Å²) in [5, 5.41) is 2.97. The number of thiol groups is 1. The topological polar surface area (TPSA) is 38.3 Å². The SMILES string of the molecule is COCCc1ccccc1NC(=O)Cc1ccc(S)cc1. The fraction of sp³-hybridized carbons (Fsp3) is 0.235. The lowest BCUT2D eigenvalue weighted by molar-refractivity contribution is -0.115. The van der Waals surface area contributed by atoms with Crippen LogP contribution in [0.15, 0.2) is 53.4 Å². The Morgan fingerprint density at radius 1 is 1.14 bits per heavy atom. The summed E-state index contributed by atoms with van der Waals surface area (Å²) in [4.78, 5) is 13.0. The number of hydrogen-bond acceptors (Lipinski definition) is 3. The molecule has 0 unspecified atom stereocenters. The van der Waals surface area contributed by atoms with Crippen molar-refractivity contribution in [3.8, 4) is 0 Å². The number of carbonyl (C=O) groups is 1. The molecule has 0 heterocycles. The number of amides is 1. The predicted octanol–water partition coefficient (Wildman–Crippen LogP) is 3.35. The summed E-state index contributed by atoms with van der Waals surface area (Å²) < 4.78 is 5.09. The van der Waals surface area contributed by atoms with Crippen LogP contribution >= 0.6 is 12.6 Å². The monoisotopic (exact) mass is 301 g/mol. The first-order chi connectivity index (χ1) is 10.2. The second-order valence-corrected chi connectivity index (χ2v) is 5.31. The van der Waals surface area contributed by atoms with Gasteiger partial charge in [-0.2, -0.15) is 0 Å². The Hall–Kier alpha value is -1.78. The van der Waals surface area contributed by atoms with Crippen LogP contribution in [-0.4, -0.2) is 19.6 Å². The van der Waals surface area contributed by atoms with Gasteiger partial charge in [-0.15, -0.1) is 12.6 Å². The van der Waals surface area contributed by atoms with E-state index in [1.54, 1.807) is 7.11 Å². The molecule has 3 nitrogen and oxygen atoms in total. The Kier molecular flexibility index (Phi) is 5.84. The van der Waals surface area contributed by atoms with Crippen molar-refractivity contribution in [1.29, 1.82) is 0 Å². The number of nitrogens with one attached hydrogen (secondary N) is 1. The number of ether oxygens (including phenoxy) is 1. The zero-order valence-corrected chi connectivity index (χ0v) is 12.9. The molecule has 0 aliphatic heterocycles.